The normalized spacial score (nSPS) is 14.8. The fourth-order valence-corrected chi connectivity index (χ4v) is 7.11. The lowest BCUT2D eigenvalue weighted by molar-refractivity contribution is -0.158. The molecule has 0 saturated heterocycles. The van der Waals surface area contributed by atoms with Crippen molar-refractivity contribution >= 4 is 35.5 Å². The highest BCUT2D eigenvalue weighted by atomic mass is 32.2. The Morgan fingerprint density at radius 1 is 0.580 bits per heavy atom. The van der Waals surface area contributed by atoms with Crippen molar-refractivity contribution in [2.24, 2.45) is 11.5 Å². The second kappa shape index (κ2) is 18.9. The van der Waals surface area contributed by atoms with Crippen LogP contribution in [0.25, 0.3) is 0 Å². The number of carbonyl (C=O) groups excluding carboxylic acids is 2. The Kier molecular flexibility index (Phi) is 14.7. The molecule has 4 aromatic rings. The van der Waals surface area contributed by atoms with E-state index in [1.165, 1.54) is 0 Å². The van der Waals surface area contributed by atoms with Gasteiger partial charge in [0.15, 0.2) is 12.5 Å². The lowest BCUT2D eigenvalue weighted by atomic mass is 9.91. The minimum absolute atomic E-state index is 0.182. The van der Waals surface area contributed by atoms with Crippen LogP contribution in [0.2, 0.25) is 0 Å². The van der Waals surface area contributed by atoms with Crippen LogP contribution in [0, 0.1) is 0 Å². The molecule has 50 heavy (non-hydrogen) atoms. The van der Waals surface area contributed by atoms with Crippen molar-refractivity contribution in [3.05, 3.63) is 120 Å². The van der Waals surface area contributed by atoms with Gasteiger partial charge in [-0.25, -0.2) is 0 Å². The largest absolute Gasteiger partial charge is 0.481 e. The molecule has 266 valence electrons. The highest BCUT2D eigenvalue weighted by Crippen LogP contribution is 2.39. The molecule has 0 aliphatic heterocycles. The van der Waals surface area contributed by atoms with Crippen molar-refractivity contribution in [2.45, 2.75) is 86.8 Å². The lowest BCUT2D eigenvalue weighted by Gasteiger charge is -2.34. The van der Waals surface area contributed by atoms with Gasteiger partial charge in [0.05, 0.1) is 12.8 Å². The third-order valence-corrected chi connectivity index (χ3v) is 9.89. The molecule has 0 aliphatic rings. The average Bonchev–Trinajstić information content (AvgIpc) is 3.10. The van der Waals surface area contributed by atoms with E-state index in [9.17, 15) is 9.59 Å². The Morgan fingerprint density at radius 2 is 0.920 bits per heavy atom. The first-order valence-corrected chi connectivity index (χ1v) is 18.8. The van der Waals surface area contributed by atoms with Crippen molar-refractivity contribution in [3.63, 3.8) is 0 Å². The lowest BCUT2D eigenvalue weighted by Crippen LogP contribution is -2.40. The minimum Gasteiger partial charge on any atom is -0.481 e. The standard InChI is InChI=1S/C40H48N2O6S2/c1-5-49-33-23-15-13-21-31(33)47-39(3,29-17-9-7-10-18-29)27-35(41)45-37(43)25-26-38(44)46-36(42)28-40(4,30-19-11-8-12-20-30)48-32-22-14-16-24-34(32)50-6-2/h7-24,35-36H,5-6,25-28,41-42H2,1-4H3. The molecule has 0 amide bonds. The molecule has 0 spiro atoms. The maximum Gasteiger partial charge on any atom is 0.307 e. The van der Waals surface area contributed by atoms with E-state index in [1.54, 1.807) is 23.5 Å². The average molecular weight is 717 g/mol. The van der Waals surface area contributed by atoms with E-state index >= 15 is 0 Å². The first kappa shape index (κ1) is 38.8. The molecule has 4 atom stereocenters. The van der Waals surface area contributed by atoms with Gasteiger partial charge in [0.25, 0.3) is 0 Å². The van der Waals surface area contributed by atoms with E-state index in [2.05, 4.69) is 13.8 Å². The first-order chi connectivity index (χ1) is 24.0. The fraction of sp³-hybridized carbons (Fsp3) is 0.350. The summed E-state index contributed by atoms with van der Waals surface area (Å²) >= 11 is 3.36. The molecule has 0 radical (unpaired) electrons. The van der Waals surface area contributed by atoms with Crippen LogP contribution in [0.5, 0.6) is 11.5 Å². The molecule has 4 unspecified atom stereocenters. The van der Waals surface area contributed by atoms with Crippen molar-refractivity contribution in [1.82, 2.24) is 0 Å². The molecule has 8 nitrogen and oxygen atoms in total. The number of thioether (sulfide) groups is 2. The second-order valence-electron chi connectivity index (χ2n) is 12.1. The summed E-state index contributed by atoms with van der Waals surface area (Å²) in [5, 5.41) is 0. The van der Waals surface area contributed by atoms with Crippen LogP contribution < -0.4 is 20.9 Å². The molecular weight excluding hydrogens is 669 g/mol. The van der Waals surface area contributed by atoms with Crippen molar-refractivity contribution < 1.29 is 28.5 Å². The van der Waals surface area contributed by atoms with Crippen LogP contribution in [0.1, 0.15) is 64.5 Å². The predicted molar refractivity (Wildman–Crippen MR) is 201 cm³/mol. The Balaban J connectivity index is 1.35. The molecule has 0 heterocycles. The van der Waals surface area contributed by atoms with Gasteiger partial charge in [0.1, 0.15) is 22.7 Å². The zero-order chi connectivity index (χ0) is 36.0. The summed E-state index contributed by atoms with van der Waals surface area (Å²) in [6.07, 6.45) is -2.05. The van der Waals surface area contributed by atoms with Crippen molar-refractivity contribution in [3.8, 4) is 11.5 Å². The molecule has 4 aromatic carbocycles. The van der Waals surface area contributed by atoms with E-state index in [0.717, 1.165) is 43.9 Å². The van der Waals surface area contributed by atoms with Gasteiger partial charge in [-0.15, -0.1) is 23.5 Å². The van der Waals surface area contributed by atoms with Crippen LogP contribution in [-0.2, 0) is 30.3 Å². The number of benzene rings is 4. The summed E-state index contributed by atoms with van der Waals surface area (Å²) in [6, 6.07) is 35.1. The highest BCUT2D eigenvalue weighted by Gasteiger charge is 2.35. The summed E-state index contributed by atoms with van der Waals surface area (Å²) in [5.41, 5.74) is 12.7. The number of hydrogen-bond acceptors (Lipinski definition) is 10. The molecular formula is C40H48N2O6S2. The summed E-state index contributed by atoms with van der Waals surface area (Å²) in [7, 11) is 0. The number of para-hydroxylation sites is 2. The first-order valence-electron chi connectivity index (χ1n) is 16.9. The molecule has 0 fully saturated rings. The van der Waals surface area contributed by atoms with E-state index < -0.39 is 35.6 Å². The van der Waals surface area contributed by atoms with Crippen LogP contribution in [0.3, 0.4) is 0 Å². The van der Waals surface area contributed by atoms with E-state index in [1.807, 2.05) is 123 Å². The summed E-state index contributed by atoms with van der Waals surface area (Å²) in [5.74, 6) is 1.98. The zero-order valence-corrected chi connectivity index (χ0v) is 30.8. The zero-order valence-electron chi connectivity index (χ0n) is 29.2. The van der Waals surface area contributed by atoms with Crippen LogP contribution in [-0.4, -0.2) is 35.9 Å². The maximum atomic E-state index is 12.9. The van der Waals surface area contributed by atoms with Crippen LogP contribution in [0.15, 0.2) is 119 Å². The summed E-state index contributed by atoms with van der Waals surface area (Å²) < 4.78 is 24.3. The van der Waals surface area contributed by atoms with Gasteiger partial charge in [-0.1, -0.05) is 98.8 Å². The van der Waals surface area contributed by atoms with E-state index in [0.29, 0.717) is 0 Å². The van der Waals surface area contributed by atoms with Crippen molar-refractivity contribution in [2.75, 3.05) is 11.5 Å². The molecule has 10 heteroatoms. The van der Waals surface area contributed by atoms with Gasteiger partial charge in [0, 0.05) is 22.6 Å². The third kappa shape index (κ3) is 11.3. The minimum atomic E-state index is -0.991. The summed E-state index contributed by atoms with van der Waals surface area (Å²) in [4.78, 5) is 27.7. The smallest absolute Gasteiger partial charge is 0.307 e. The van der Waals surface area contributed by atoms with Crippen molar-refractivity contribution in [1.29, 1.82) is 0 Å². The quantitative estimate of drug-likeness (QED) is 0.0556. The van der Waals surface area contributed by atoms with E-state index in [4.69, 9.17) is 30.4 Å². The monoisotopic (exact) mass is 716 g/mol. The number of carbonyl (C=O) groups is 2. The Labute approximate surface area is 304 Å². The second-order valence-corrected chi connectivity index (χ2v) is 14.7. The maximum absolute atomic E-state index is 12.9. The van der Waals surface area contributed by atoms with Gasteiger partial charge in [-0.3, -0.25) is 21.1 Å². The fourth-order valence-electron chi connectivity index (χ4n) is 5.63. The molecule has 0 aromatic heterocycles. The molecule has 0 saturated carbocycles. The van der Waals surface area contributed by atoms with Gasteiger partial charge in [-0.2, -0.15) is 0 Å². The van der Waals surface area contributed by atoms with Gasteiger partial charge in [-0.05, 0) is 60.7 Å². The number of esters is 2. The molecule has 4 N–H and O–H groups in total. The number of ether oxygens (including phenoxy) is 4. The number of rotatable bonds is 19. The summed E-state index contributed by atoms with van der Waals surface area (Å²) in [6.45, 7) is 8.02. The van der Waals surface area contributed by atoms with Gasteiger partial charge in [0.2, 0.25) is 0 Å². The predicted octanol–water partition coefficient (Wildman–Crippen LogP) is 8.42. The number of nitrogens with two attached hydrogens (primary N) is 2. The van der Waals surface area contributed by atoms with Crippen LogP contribution in [0.4, 0.5) is 0 Å². The Hall–Kier alpha value is -3.96. The topological polar surface area (TPSA) is 123 Å². The van der Waals surface area contributed by atoms with Gasteiger partial charge < -0.3 is 18.9 Å². The Bertz CT molecular complexity index is 1540. The SMILES string of the molecule is CCSc1ccccc1OC(C)(CC(N)OC(=O)CCC(=O)OC(N)CC(C)(Oc1ccccc1SCC)c1ccccc1)c1ccccc1. The highest BCUT2D eigenvalue weighted by molar-refractivity contribution is 7.99. The Morgan fingerprint density at radius 3 is 1.28 bits per heavy atom. The van der Waals surface area contributed by atoms with E-state index in [-0.39, 0.29) is 25.7 Å². The van der Waals surface area contributed by atoms with Gasteiger partial charge >= 0.3 is 11.9 Å². The number of hydrogen-bond donors (Lipinski definition) is 2. The molecule has 4 rings (SSSR count). The third-order valence-electron chi connectivity index (χ3n) is 8.02. The van der Waals surface area contributed by atoms with Crippen LogP contribution >= 0.6 is 23.5 Å². The molecule has 0 bridgehead atoms. The molecule has 0 aliphatic carbocycles.